The fourth-order valence-corrected chi connectivity index (χ4v) is 2.43. The minimum atomic E-state index is -3.46. The summed E-state index contributed by atoms with van der Waals surface area (Å²) in [5.74, 6) is -0.0378. The maximum atomic E-state index is 14.3. The number of alkyl halides is 4. The summed E-state index contributed by atoms with van der Waals surface area (Å²) in [5, 5.41) is 0. The Labute approximate surface area is 144 Å². The molecule has 0 aliphatic rings. The smallest absolute Gasteiger partial charge is 0.387 e. The van der Waals surface area contributed by atoms with E-state index < -0.39 is 18.8 Å². The third-order valence-electron chi connectivity index (χ3n) is 3.73. The topological polar surface area (TPSA) is 18.5 Å². The summed E-state index contributed by atoms with van der Waals surface area (Å²) in [5.41, 5.74) is 1.20. The van der Waals surface area contributed by atoms with E-state index in [1.165, 1.54) is 43.3 Å². The summed E-state index contributed by atoms with van der Waals surface area (Å²) in [6, 6.07) is 11.5. The summed E-state index contributed by atoms with van der Waals surface area (Å²) < 4.78 is 62.0. The molecule has 0 N–H and O–H groups in total. The SMILES string of the molecule is CCCc1ccc(C(F)(F)OC(C)c2ccc(OC(F)F)cc2)cc1. The van der Waals surface area contributed by atoms with Crippen LogP contribution < -0.4 is 4.74 Å². The molecule has 0 aliphatic carbocycles. The molecule has 136 valence electrons. The Morgan fingerprint density at radius 2 is 1.56 bits per heavy atom. The summed E-state index contributed by atoms with van der Waals surface area (Å²) in [7, 11) is 0. The van der Waals surface area contributed by atoms with Gasteiger partial charge in [0.15, 0.2) is 0 Å². The van der Waals surface area contributed by atoms with Gasteiger partial charge in [-0.05, 0) is 36.6 Å². The van der Waals surface area contributed by atoms with Gasteiger partial charge in [0, 0.05) is 0 Å². The fraction of sp³-hybridized carbons (Fsp3) is 0.368. The number of halogens is 4. The van der Waals surface area contributed by atoms with Crippen LogP contribution in [-0.2, 0) is 17.3 Å². The highest BCUT2D eigenvalue weighted by Gasteiger charge is 2.35. The van der Waals surface area contributed by atoms with Crippen LogP contribution in [0.3, 0.4) is 0 Å². The van der Waals surface area contributed by atoms with Crippen molar-refractivity contribution < 1.29 is 27.0 Å². The molecule has 2 aromatic rings. The van der Waals surface area contributed by atoms with Gasteiger partial charge < -0.3 is 9.47 Å². The minimum absolute atomic E-state index is 0.0378. The molecule has 2 rings (SSSR count). The lowest BCUT2D eigenvalue weighted by Gasteiger charge is -2.22. The molecule has 0 spiro atoms. The Morgan fingerprint density at radius 1 is 0.960 bits per heavy atom. The van der Waals surface area contributed by atoms with Gasteiger partial charge in [-0.15, -0.1) is 0 Å². The molecule has 2 nitrogen and oxygen atoms in total. The molecule has 0 amide bonds. The number of benzene rings is 2. The zero-order valence-corrected chi connectivity index (χ0v) is 14.0. The van der Waals surface area contributed by atoms with E-state index in [9.17, 15) is 17.6 Å². The molecular weight excluding hydrogens is 336 g/mol. The molecule has 0 aromatic heterocycles. The average molecular weight is 356 g/mol. The second-order valence-corrected chi connectivity index (χ2v) is 5.67. The van der Waals surface area contributed by atoms with Crippen molar-refractivity contribution in [2.45, 2.75) is 45.5 Å². The van der Waals surface area contributed by atoms with Crippen LogP contribution in [0.2, 0.25) is 0 Å². The van der Waals surface area contributed by atoms with Gasteiger partial charge in [0.25, 0.3) is 0 Å². The van der Waals surface area contributed by atoms with Crippen LogP contribution in [0.15, 0.2) is 48.5 Å². The quantitative estimate of drug-likeness (QED) is 0.535. The standard InChI is InChI=1S/C19H20F4O2/c1-3-4-14-5-9-16(10-6-14)19(22,23)25-13(2)15-7-11-17(12-8-15)24-18(20)21/h5-13,18H,3-4H2,1-2H3. The van der Waals surface area contributed by atoms with E-state index >= 15 is 0 Å². The molecule has 1 unspecified atom stereocenters. The molecule has 0 fully saturated rings. The number of rotatable bonds is 8. The van der Waals surface area contributed by atoms with Crippen LogP contribution in [0.1, 0.15) is 43.1 Å². The third-order valence-corrected chi connectivity index (χ3v) is 3.73. The first kappa shape index (κ1) is 19.2. The van der Waals surface area contributed by atoms with Gasteiger partial charge in [0.1, 0.15) is 5.75 Å². The number of hydrogen-bond donors (Lipinski definition) is 0. The lowest BCUT2D eigenvalue weighted by molar-refractivity contribution is -0.272. The van der Waals surface area contributed by atoms with Crippen molar-refractivity contribution in [1.29, 1.82) is 0 Å². The number of ether oxygens (including phenoxy) is 2. The zero-order valence-electron chi connectivity index (χ0n) is 14.0. The maximum Gasteiger partial charge on any atom is 0.387 e. The highest BCUT2D eigenvalue weighted by Crippen LogP contribution is 2.35. The van der Waals surface area contributed by atoms with E-state index in [0.29, 0.717) is 5.56 Å². The normalized spacial score (nSPS) is 13.1. The van der Waals surface area contributed by atoms with Crippen molar-refractivity contribution in [2.24, 2.45) is 0 Å². The zero-order chi connectivity index (χ0) is 18.4. The minimum Gasteiger partial charge on any atom is -0.435 e. The molecule has 0 bridgehead atoms. The summed E-state index contributed by atoms with van der Waals surface area (Å²) in [4.78, 5) is 0. The van der Waals surface area contributed by atoms with E-state index in [2.05, 4.69) is 4.74 Å². The van der Waals surface area contributed by atoms with Crippen molar-refractivity contribution >= 4 is 0 Å². The molecule has 25 heavy (non-hydrogen) atoms. The van der Waals surface area contributed by atoms with E-state index in [-0.39, 0.29) is 11.3 Å². The lowest BCUT2D eigenvalue weighted by Crippen LogP contribution is -2.20. The predicted octanol–water partition coefficient (Wildman–Crippen LogP) is 6.07. The van der Waals surface area contributed by atoms with Crippen LogP contribution in [0.4, 0.5) is 17.6 Å². The van der Waals surface area contributed by atoms with Crippen LogP contribution in [0, 0.1) is 0 Å². The molecule has 2 aromatic carbocycles. The largest absolute Gasteiger partial charge is 0.435 e. The van der Waals surface area contributed by atoms with E-state index in [1.807, 2.05) is 6.92 Å². The average Bonchev–Trinajstić information content (AvgIpc) is 2.55. The first-order valence-corrected chi connectivity index (χ1v) is 8.01. The Morgan fingerprint density at radius 3 is 2.08 bits per heavy atom. The van der Waals surface area contributed by atoms with Crippen molar-refractivity contribution in [1.82, 2.24) is 0 Å². The highest BCUT2D eigenvalue weighted by atomic mass is 19.3. The number of aryl methyl sites for hydroxylation is 1. The van der Waals surface area contributed by atoms with Gasteiger partial charge in [0.2, 0.25) is 0 Å². The van der Waals surface area contributed by atoms with Crippen LogP contribution in [0.5, 0.6) is 5.75 Å². The monoisotopic (exact) mass is 356 g/mol. The second-order valence-electron chi connectivity index (χ2n) is 5.67. The Balaban J connectivity index is 2.05. The van der Waals surface area contributed by atoms with Gasteiger partial charge in [-0.25, -0.2) is 0 Å². The van der Waals surface area contributed by atoms with Gasteiger partial charge in [-0.2, -0.15) is 17.6 Å². The van der Waals surface area contributed by atoms with Crippen LogP contribution in [-0.4, -0.2) is 6.61 Å². The predicted molar refractivity (Wildman–Crippen MR) is 86.9 cm³/mol. The van der Waals surface area contributed by atoms with Gasteiger partial charge >= 0.3 is 12.7 Å². The molecule has 0 aliphatic heterocycles. The molecule has 0 radical (unpaired) electrons. The fourth-order valence-electron chi connectivity index (χ4n) is 2.43. The van der Waals surface area contributed by atoms with E-state index in [0.717, 1.165) is 18.4 Å². The third kappa shape index (κ3) is 5.46. The Bertz CT molecular complexity index is 654. The molecule has 1 atom stereocenters. The Kier molecular flexibility index (Phi) is 6.42. The van der Waals surface area contributed by atoms with Gasteiger partial charge in [-0.1, -0.05) is 49.7 Å². The molecule has 0 saturated carbocycles. The van der Waals surface area contributed by atoms with Crippen molar-refractivity contribution in [3.8, 4) is 5.75 Å². The second kappa shape index (κ2) is 8.34. The first-order chi connectivity index (χ1) is 11.8. The van der Waals surface area contributed by atoms with Gasteiger partial charge in [0.05, 0.1) is 11.7 Å². The van der Waals surface area contributed by atoms with Crippen molar-refractivity contribution in [3.63, 3.8) is 0 Å². The van der Waals surface area contributed by atoms with E-state index in [4.69, 9.17) is 4.74 Å². The molecule has 0 saturated heterocycles. The molecule has 0 heterocycles. The summed E-state index contributed by atoms with van der Waals surface area (Å²) in [6.45, 7) is 0.562. The summed E-state index contributed by atoms with van der Waals surface area (Å²) in [6.07, 6.45) is -2.61. The van der Waals surface area contributed by atoms with Crippen molar-refractivity contribution in [3.05, 3.63) is 65.2 Å². The first-order valence-electron chi connectivity index (χ1n) is 8.01. The van der Waals surface area contributed by atoms with E-state index in [1.54, 1.807) is 12.1 Å². The summed E-state index contributed by atoms with van der Waals surface area (Å²) >= 11 is 0. The van der Waals surface area contributed by atoms with Crippen LogP contribution >= 0.6 is 0 Å². The van der Waals surface area contributed by atoms with Crippen LogP contribution in [0.25, 0.3) is 0 Å². The lowest BCUT2D eigenvalue weighted by atomic mass is 10.1. The number of hydrogen-bond acceptors (Lipinski definition) is 2. The highest BCUT2D eigenvalue weighted by molar-refractivity contribution is 5.29. The van der Waals surface area contributed by atoms with Gasteiger partial charge in [-0.3, -0.25) is 0 Å². The van der Waals surface area contributed by atoms with Crippen molar-refractivity contribution in [2.75, 3.05) is 0 Å². The molecular formula is C19H20F4O2. The molecule has 6 heteroatoms. The Hall–Kier alpha value is -2.08. The maximum absolute atomic E-state index is 14.3.